The second-order valence-corrected chi connectivity index (χ2v) is 8.21. The number of hydrogen-bond acceptors (Lipinski definition) is 5. The van der Waals surface area contributed by atoms with E-state index in [1.165, 1.54) is 6.39 Å². The number of piperazine rings is 1. The van der Waals surface area contributed by atoms with E-state index < -0.39 is 10.0 Å². The third-order valence-corrected chi connectivity index (χ3v) is 6.55. The predicted molar refractivity (Wildman–Crippen MR) is 91.2 cm³/mol. The second-order valence-electron chi connectivity index (χ2n) is 6.30. The summed E-state index contributed by atoms with van der Waals surface area (Å²) in [5.41, 5.74) is 2.67. The zero-order valence-electron chi connectivity index (χ0n) is 14.3. The van der Waals surface area contributed by atoms with E-state index in [9.17, 15) is 8.42 Å². The topological polar surface area (TPSA) is 66.7 Å². The van der Waals surface area contributed by atoms with Crippen LogP contribution < -0.4 is 0 Å². The van der Waals surface area contributed by atoms with Gasteiger partial charge in [-0.2, -0.15) is 4.31 Å². The molecule has 1 saturated heterocycles. The summed E-state index contributed by atoms with van der Waals surface area (Å²) >= 11 is 0. The minimum Gasteiger partial charge on any atom is -0.448 e. The molecular formula is C17H23N3O3S. The van der Waals surface area contributed by atoms with E-state index in [1.807, 2.05) is 32.9 Å². The van der Waals surface area contributed by atoms with Gasteiger partial charge in [-0.3, -0.25) is 4.90 Å². The summed E-state index contributed by atoms with van der Waals surface area (Å²) in [6.07, 6.45) is 1.45. The minimum absolute atomic E-state index is 0.420. The molecule has 1 aliphatic heterocycles. The first kappa shape index (κ1) is 17.1. The van der Waals surface area contributed by atoms with E-state index in [-0.39, 0.29) is 0 Å². The third-order valence-electron chi connectivity index (χ3n) is 4.51. The Bertz CT molecular complexity index is 821. The quantitative estimate of drug-likeness (QED) is 0.846. The van der Waals surface area contributed by atoms with Crippen molar-refractivity contribution < 1.29 is 12.8 Å². The lowest BCUT2D eigenvalue weighted by molar-refractivity contribution is 0.179. The Kier molecular flexibility index (Phi) is 4.76. The van der Waals surface area contributed by atoms with Crippen molar-refractivity contribution in [2.45, 2.75) is 32.2 Å². The normalized spacial score (nSPS) is 17.3. The lowest BCUT2D eigenvalue weighted by atomic mass is 10.2. The summed E-state index contributed by atoms with van der Waals surface area (Å²) in [7, 11) is -3.44. The molecule has 2 aromatic rings. The van der Waals surface area contributed by atoms with Crippen molar-refractivity contribution in [3.8, 4) is 0 Å². The highest BCUT2D eigenvalue weighted by atomic mass is 32.2. The molecule has 0 saturated carbocycles. The molecule has 0 unspecified atom stereocenters. The van der Waals surface area contributed by atoms with Crippen molar-refractivity contribution in [3.05, 3.63) is 47.2 Å². The van der Waals surface area contributed by atoms with E-state index in [0.717, 1.165) is 22.6 Å². The molecule has 1 aromatic carbocycles. The van der Waals surface area contributed by atoms with Crippen LogP contribution >= 0.6 is 0 Å². The molecule has 7 heteroatoms. The van der Waals surface area contributed by atoms with E-state index in [2.05, 4.69) is 9.88 Å². The van der Waals surface area contributed by atoms with Gasteiger partial charge in [0, 0.05) is 32.7 Å². The second kappa shape index (κ2) is 6.66. The third kappa shape index (κ3) is 3.38. The van der Waals surface area contributed by atoms with Gasteiger partial charge in [0.15, 0.2) is 6.39 Å². The van der Waals surface area contributed by atoms with Gasteiger partial charge >= 0.3 is 0 Å². The molecule has 1 aromatic heterocycles. The van der Waals surface area contributed by atoms with Crippen molar-refractivity contribution >= 4 is 10.0 Å². The molecule has 0 aliphatic carbocycles. The molecular weight excluding hydrogens is 326 g/mol. The van der Waals surface area contributed by atoms with Crippen LogP contribution in [0.5, 0.6) is 0 Å². The highest BCUT2D eigenvalue weighted by molar-refractivity contribution is 7.89. The first-order chi connectivity index (χ1) is 11.4. The van der Waals surface area contributed by atoms with Gasteiger partial charge in [0.25, 0.3) is 0 Å². The Morgan fingerprint density at radius 1 is 1.12 bits per heavy atom. The van der Waals surface area contributed by atoms with Crippen LogP contribution in [0.4, 0.5) is 0 Å². The van der Waals surface area contributed by atoms with Crippen LogP contribution in [0.2, 0.25) is 0 Å². The van der Waals surface area contributed by atoms with E-state index in [4.69, 9.17) is 4.42 Å². The number of hydrogen-bond donors (Lipinski definition) is 0. The van der Waals surface area contributed by atoms with Gasteiger partial charge in [0.2, 0.25) is 10.0 Å². The molecule has 24 heavy (non-hydrogen) atoms. The highest BCUT2D eigenvalue weighted by Crippen LogP contribution is 2.23. The highest BCUT2D eigenvalue weighted by Gasteiger charge is 2.30. The number of benzene rings is 1. The van der Waals surface area contributed by atoms with Crippen LogP contribution in [-0.2, 0) is 16.6 Å². The maximum absolute atomic E-state index is 12.9. The molecule has 0 radical (unpaired) electrons. The summed E-state index contributed by atoms with van der Waals surface area (Å²) in [6, 6.07) is 5.56. The standard InChI is InChI=1S/C17H23N3O3S/c1-13-4-5-14(2)17(10-13)24(21,22)20-8-6-19(7-9-20)11-16-15(3)23-12-18-16/h4-5,10,12H,6-9,11H2,1-3H3. The van der Waals surface area contributed by atoms with Crippen LogP contribution in [0.3, 0.4) is 0 Å². The number of sulfonamides is 1. The lowest BCUT2D eigenvalue weighted by Crippen LogP contribution is -2.48. The minimum atomic E-state index is -3.44. The average molecular weight is 349 g/mol. The number of oxazole rings is 1. The Morgan fingerprint density at radius 2 is 1.83 bits per heavy atom. The fraction of sp³-hybridized carbons (Fsp3) is 0.471. The van der Waals surface area contributed by atoms with Gasteiger partial charge in [-0.05, 0) is 38.0 Å². The van der Waals surface area contributed by atoms with E-state index in [1.54, 1.807) is 10.4 Å². The summed E-state index contributed by atoms with van der Waals surface area (Å²) in [5.74, 6) is 0.820. The van der Waals surface area contributed by atoms with E-state index >= 15 is 0 Å². The smallest absolute Gasteiger partial charge is 0.243 e. The Labute approximate surface area is 143 Å². The fourth-order valence-electron chi connectivity index (χ4n) is 2.94. The molecule has 0 amide bonds. The number of nitrogens with zero attached hydrogens (tertiary/aromatic N) is 3. The van der Waals surface area contributed by atoms with Gasteiger partial charge in [0.1, 0.15) is 5.76 Å². The summed E-state index contributed by atoms with van der Waals surface area (Å²) in [6.45, 7) is 8.71. The SMILES string of the molecule is Cc1ccc(C)c(S(=O)(=O)N2CCN(Cc3ncoc3C)CC2)c1. The van der Waals surface area contributed by atoms with Crippen molar-refractivity contribution in [2.75, 3.05) is 26.2 Å². The van der Waals surface area contributed by atoms with Crippen molar-refractivity contribution in [3.63, 3.8) is 0 Å². The summed E-state index contributed by atoms with van der Waals surface area (Å²) in [4.78, 5) is 6.83. The van der Waals surface area contributed by atoms with Gasteiger partial charge < -0.3 is 4.42 Å². The molecule has 0 bridgehead atoms. The fourth-order valence-corrected chi connectivity index (χ4v) is 4.68. The lowest BCUT2D eigenvalue weighted by Gasteiger charge is -2.33. The van der Waals surface area contributed by atoms with Gasteiger partial charge in [-0.15, -0.1) is 0 Å². The average Bonchev–Trinajstić information content (AvgIpc) is 2.95. The monoisotopic (exact) mass is 349 g/mol. The predicted octanol–water partition coefficient (Wildman–Crippen LogP) is 2.11. The Balaban J connectivity index is 1.69. The first-order valence-electron chi connectivity index (χ1n) is 8.06. The van der Waals surface area contributed by atoms with Gasteiger partial charge in [-0.1, -0.05) is 12.1 Å². The molecule has 2 heterocycles. The van der Waals surface area contributed by atoms with E-state index in [0.29, 0.717) is 37.6 Å². The van der Waals surface area contributed by atoms with Crippen molar-refractivity contribution in [1.82, 2.24) is 14.2 Å². The summed E-state index contributed by atoms with van der Waals surface area (Å²) < 4.78 is 32.6. The molecule has 1 aliphatic rings. The molecule has 1 fully saturated rings. The van der Waals surface area contributed by atoms with Crippen LogP contribution in [0.25, 0.3) is 0 Å². The molecule has 0 N–H and O–H groups in total. The van der Waals surface area contributed by atoms with Crippen LogP contribution in [-0.4, -0.2) is 48.8 Å². The number of aromatic nitrogens is 1. The maximum Gasteiger partial charge on any atom is 0.243 e. The molecule has 6 nitrogen and oxygen atoms in total. The zero-order valence-corrected chi connectivity index (χ0v) is 15.1. The molecule has 0 atom stereocenters. The van der Waals surface area contributed by atoms with Crippen LogP contribution in [0.1, 0.15) is 22.6 Å². The largest absolute Gasteiger partial charge is 0.448 e. The van der Waals surface area contributed by atoms with Crippen LogP contribution in [0, 0.1) is 20.8 Å². The molecule has 3 rings (SSSR count). The first-order valence-corrected chi connectivity index (χ1v) is 9.50. The summed E-state index contributed by atoms with van der Waals surface area (Å²) in [5, 5.41) is 0. The zero-order chi connectivity index (χ0) is 17.3. The maximum atomic E-state index is 12.9. The van der Waals surface area contributed by atoms with Crippen molar-refractivity contribution in [1.29, 1.82) is 0 Å². The molecule has 0 spiro atoms. The number of rotatable bonds is 4. The Hall–Kier alpha value is -1.70. The van der Waals surface area contributed by atoms with Gasteiger partial charge in [-0.25, -0.2) is 13.4 Å². The van der Waals surface area contributed by atoms with Crippen LogP contribution in [0.15, 0.2) is 33.9 Å². The number of aryl methyl sites for hydroxylation is 3. The molecule has 130 valence electrons. The Morgan fingerprint density at radius 3 is 2.46 bits per heavy atom. The van der Waals surface area contributed by atoms with Crippen molar-refractivity contribution in [2.24, 2.45) is 0 Å². The van der Waals surface area contributed by atoms with Gasteiger partial charge in [0.05, 0.1) is 10.6 Å².